The first-order valence-electron chi connectivity index (χ1n) is 7.09. The number of amides is 1. The molecule has 0 bridgehead atoms. The first-order valence-corrected chi connectivity index (χ1v) is 7.53. The molecule has 0 aliphatic carbocycles. The van der Waals surface area contributed by atoms with Crippen LogP contribution in [-0.4, -0.2) is 27.8 Å². The van der Waals surface area contributed by atoms with Crippen molar-refractivity contribution in [2.45, 2.75) is 18.0 Å². The van der Waals surface area contributed by atoms with Gasteiger partial charge in [0.05, 0.1) is 23.3 Å². The van der Waals surface area contributed by atoms with Crippen LogP contribution < -0.4 is 21.3 Å². The third-order valence-corrected chi connectivity index (χ3v) is 3.88. The monoisotopic (exact) mass is 333 g/mol. The molecule has 0 saturated carbocycles. The molecular formula is C15H16ClN5O2. The van der Waals surface area contributed by atoms with Gasteiger partial charge in [0.15, 0.2) is 0 Å². The Morgan fingerprint density at radius 2 is 2.26 bits per heavy atom. The Bertz CT molecular complexity index is 695. The second-order valence-corrected chi connectivity index (χ2v) is 5.70. The van der Waals surface area contributed by atoms with Crippen molar-refractivity contribution in [3.63, 3.8) is 0 Å². The number of alkyl halides is 1. The molecule has 23 heavy (non-hydrogen) atoms. The van der Waals surface area contributed by atoms with Crippen LogP contribution in [0.4, 0.5) is 0 Å². The number of rotatable bonds is 5. The maximum atomic E-state index is 11.1. The van der Waals surface area contributed by atoms with E-state index in [-0.39, 0.29) is 17.1 Å². The standard InChI is InChI=1S/C15H16ClN5O2/c16-11-7-20-21-14(11)12-2-1-10(6-19-12)23-8-9-3-4-18-13(5-9)15(17)22/h1-6,11,14,20-21H,7-8H2,(H2,17,22). The molecular weight excluding hydrogens is 318 g/mol. The second kappa shape index (κ2) is 6.91. The lowest BCUT2D eigenvalue weighted by Crippen LogP contribution is -2.25. The number of nitrogens with two attached hydrogens (primary N) is 1. The van der Waals surface area contributed by atoms with Gasteiger partial charge in [-0.1, -0.05) is 0 Å². The third-order valence-electron chi connectivity index (χ3n) is 3.48. The molecule has 1 aliphatic rings. The Morgan fingerprint density at radius 3 is 2.91 bits per heavy atom. The number of hydrazine groups is 1. The SMILES string of the molecule is NC(=O)c1cc(COc2ccc(C3NNCC3Cl)nc2)ccn1. The summed E-state index contributed by atoms with van der Waals surface area (Å²) in [6, 6.07) is 7.06. The van der Waals surface area contributed by atoms with Crippen molar-refractivity contribution >= 4 is 17.5 Å². The number of carbonyl (C=O) groups is 1. The van der Waals surface area contributed by atoms with Gasteiger partial charge < -0.3 is 10.5 Å². The van der Waals surface area contributed by atoms with E-state index in [4.69, 9.17) is 22.1 Å². The summed E-state index contributed by atoms with van der Waals surface area (Å²) < 4.78 is 5.66. The van der Waals surface area contributed by atoms with Gasteiger partial charge >= 0.3 is 0 Å². The molecule has 1 amide bonds. The molecule has 120 valence electrons. The van der Waals surface area contributed by atoms with Crippen molar-refractivity contribution in [2.24, 2.45) is 5.73 Å². The summed E-state index contributed by atoms with van der Waals surface area (Å²) >= 11 is 6.19. The topological polar surface area (TPSA) is 102 Å². The van der Waals surface area contributed by atoms with Gasteiger partial charge in [-0.15, -0.1) is 11.6 Å². The third kappa shape index (κ3) is 3.76. The normalized spacial score (nSPS) is 20.4. The zero-order valence-corrected chi connectivity index (χ0v) is 13.0. The molecule has 1 saturated heterocycles. The number of pyridine rings is 2. The molecule has 4 N–H and O–H groups in total. The Labute approximate surface area is 138 Å². The fourth-order valence-electron chi connectivity index (χ4n) is 2.26. The first kappa shape index (κ1) is 15.7. The average molecular weight is 334 g/mol. The lowest BCUT2D eigenvalue weighted by atomic mass is 10.1. The fraction of sp³-hybridized carbons (Fsp3) is 0.267. The zero-order chi connectivity index (χ0) is 16.2. The Morgan fingerprint density at radius 1 is 1.39 bits per heavy atom. The predicted molar refractivity (Wildman–Crippen MR) is 84.8 cm³/mol. The van der Waals surface area contributed by atoms with Gasteiger partial charge in [0.1, 0.15) is 18.1 Å². The number of carbonyl (C=O) groups excluding carboxylic acids is 1. The highest BCUT2D eigenvalue weighted by atomic mass is 35.5. The molecule has 1 aliphatic heterocycles. The Balaban J connectivity index is 1.62. The van der Waals surface area contributed by atoms with Gasteiger partial charge in [-0.05, 0) is 29.8 Å². The van der Waals surface area contributed by atoms with Gasteiger partial charge in [-0.2, -0.15) is 0 Å². The largest absolute Gasteiger partial charge is 0.487 e. The van der Waals surface area contributed by atoms with Crippen LogP contribution >= 0.6 is 11.6 Å². The van der Waals surface area contributed by atoms with E-state index in [1.165, 1.54) is 6.20 Å². The van der Waals surface area contributed by atoms with Crippen molar-refractivity contribution in [3.05, 3.63) is 53.6 Å². The molecule has 2 atom stereocenters. The molecule has 0 radical (unpaired) electrons. The van der Waals surface area contributed by atoms with Crippen molar-refractivity contribution in [1.82, 2.24) is 20.8 Å². The van der Waals surface area contributed by atoms with E-state index in [9.17, 15) is 4.79 Å². The number of halogens is 1. The summed E-state index contributed by atoms with van der Waals surface area (Å²) in [5.74, 6) is 0.0643. The van der Waals surface area contributed by atoms with Crippen LogP contribution in [0.25, 0.3) is 0 Å². The first-order chi connectivity index (χ1) is 11.1. The molecule has 1 fully saturated rings. The van der Waals surface area contributed by atoms with Gasteiger partial charge in [-0.3, -0.25) is 20.2 Å². The molecule has 3 heterocycles. The van der Waals surface area contributed by atoms with Gasteiger partial charge in [0.2, 0.25) is 0 Å². The van der Waals surface area contributed by atoms with Gasteiger partial charge in [-0.25, -0.2) is 5.43 Å². The van der Waals surface area contributed by atoms with Crippen molar-refractivity contribution in [1.29, 1.82) is 0 Å². The maximum absolute atomic E-state index is 11.1. The highest BCUT2D eigenvalue weighted by Gasteiger charge is 2.27. The summed E-state index contributed by atoms with van der Waals surface area (Å²) in [5, 5.41) is -0.0432. The number of nitrogens with one attached hydrogen (secondary N) is 2. The lowest BCUT2D eigenvalue weighted by Gasteiger charge is -2.13. The second-order valence-electron chi connectivity index (χ2n) is 5.14. The summed E-state index contributed by atoms with van der Waals surface area (Å²) in [4.78, 5) is 19.4. The highest BCUT2D eigenvalue weighted by molar-refractivity contribution is 6.21. The van der Waals surface area contributed by atoms with Crippen LogP contribution in [-0.2, 0) is 6.61 Å². The minimum Gasteiger partial charge on any atom is -0.487 e. The zero-order valence-electron chi connectivity index (χ0n) is 12.2. The van der Waals surface area contributed by atoms with Crippen LogP contribution in [0.3, 0.4) is 0 Å². The number of primary amides is 1. The van der Waals surface area contributed by atoms with Crippen molar-refractivity contribution in [2.75, 3.05) is 6.54 Å². The Kier molecular flexibility index (Phi) is 4.71. The average Bonchev–Trinajstić information content (AvgIpc) is 3.00. The fourth-order valence-corrected chi connectivity index (χ4v) is 2.53. The van der Waals surface area contributed by atoms with Gasteiger partial charge in [0.25, 0.3) is 5.91 Å². The molecule has 2 aromatic heterocycles. The van der Waals surface area contributed by atoms with E-state index in [0.717, 1.165) is 11.3 Å². The number of hydrogen-bond acceptors (Lipinski definition) is 6. The summed E-state index contributed by atoms with van der Waals surface area (Å²) in [5.41, 5.74) is 13.2. The maximum Gasteiger partial charge on any atom is 0.267 e. The van der Waals surface area contributed by atoms with Crippen LogP contribution in [0.2, 0.25) is 0 Å². The quantitative estimate of drug-likeness (QED) is 0.703. The van der Waals surface area contributed by atoms with E-state index in [1.54, 1.807) is 18.3 Å². The van der Waals surface area contributed by atoms with Crippen LogP contribution in [0.15, 0.2) is 36.7 Å². The number of ether oxygens (including phenoxy) is 1. The van der Waals surface area contributed by atoms with E-state index in [0.29, 0.717) is 18.9 Å². The molecule has 8 heteroatoms. The van der Waals surface area contributed by atoms with E-state index < -0.39 is 5.91 Å². The summed E-state index contributed by atoms with van der Waals surface area (Å²) in [7, 11) is 0. The number of aromatic nitrogens is 2. The summed E-state index contributed by atoms with van der Waals surface area (Å²) in [6.45, 7) is 0.988. The number of hydrogen-bond donors (Lipinski definition) is 3. The highest BCUT2D eigenvalue weighted by Crippen LogP contribution is 2.23. The van der Waals surface area contributed by atoms with Crippen molar-refractivity contribution < 1.29 is 9.53 Å². The predicted octanol–water partition coefficient (Wildman–Crippen LogP) is 0.911. The molecule has 2 aromatic rings. The van der Waals surface area contributed by atoms with E-state index >= 15 is 0 Å². The minimum absolute atomic E-state index is 0.0240. The van der Waals surface area contributed by atoms with E-state index in [1.807, 2.05) is 12.1 Å². The van der Waals surface area contributed by atoms with E-state index in [2.05, 4.69) is 20.8 Å². The van der Waals surface area contributed by atoms with Crippen LogP contribution in [0, 0.1) is 0 Å². The molecule has 2 unspecified atom stereocenters. The molecule has 7 nitrogen and oxygen atoms in total. The Hall–Kier alpha value is -2.22. The molecule has 3 rings (SSSR count). The lowest BCUT2D eigenvalue weighted by molar-refractivity contribution is 0.0995. The minimum atomic E-state index is -0.564. The smallest absolute Gasteiger partial charge is 0.267 e. The molecule has 0 spiro atoms. The summed E-state index contributed by atoms with van der Waals surface area (Å²) in [6.07, 6.45) is 3.18. The van der Waals surface area contributed by atoms with Gasteiger partial charge in [0, 0.05) is 12.7 Å². The van der Waals surface area contributed by atoms with Crippen LogP contribution in [0.5, 0.6) is 5.75 Å². The number of nitrogens with zero attached hydrogens (tertiary/aromatic N) is 2. The van der Waals surface area contributed by atoms with Crippen molar-refractivity contribution in [3.8, 4) is 5.75 Å². The van der Waals surface area contributed by atoms with Crippen LogP contribution in [0.1, 0.15) is 27.8 Å². The molecule has 0 aromatic carbocycles.